The molecule has 140 valence electrons. The number of nitrogens with zero attached hydrogens (tertiary/aromatic N) is 4. The van der Waals surface area contributed by atoms with Crippen LogP contribution >= 0.6 is 0 Å². The van der Waals surface area contributed by atoms with Crippen LogP contribution in [0, 0.1) is 10.1 Å². The number of hydrogen-bond donors (Lipinski definition) is 2. The Morgan fingerprint density at radius 1 is 1.29 bits per heavy atom. The van der Waals surface area contributed by atoms with Crippen LogP contribution in [-0.2, 0) is 13.6 Å². The van der Waals surface area contributed by atoms with Crippen molar-refractivity contribution in [3.8, 4) is 11.3 Å². The molecule has 0 aliphatic heterocycles. The maximum absolute atomic E-state index is 12.3. The number of anilines is 1. The molecule has 3 aromatic heterocycles. The summed E-state index contributed by atoms with van der Waals surface area (Å²) in [5.41, 5.74) is 1.69. The average Bonchev–Trinajstić information content (AvgIpc) is 3.12. The number of aryl methyl sites for hydroxylation is 1. The lowest BCUT2D eigenvalue weighted by Crippen LogP contribution is -2.14. The smallest absolute Gasteiger partial charge is 0.356 e. The quantitative estimate of drug-likeness (QED) is 0.408. The van der Waals surface area contributed by atoms with Crippen LogP contribution in [0.25, 0.3) is 22.2 Å². The predicted octanol–water partition coefficient (Wildman–Crippen LogP) is 2.84. The minimum Gasteiger partial charge on any atom is -0.362 e. The fourth-order valence-corrected chi connectivity index (χ4v) is 3.00. The molecule has 0 atom stereocenters. The van der Waals surface area contributed by atoms with Crippen LogP contribution in [0.4, 0.5) is 11.5 Å². The lowest BCUT2D eigenvalue weighted by atomic mass is 10.1. The second-order valence-electron chi connectivity index (χ2n) is 6.31. The second kappa shape index (κ2) is 6.95. The summed E-state index contributed by atoms with van der Waals surface area (Å²) >= 11 is 0. The summed E-state index contributed by atoms with van der Waals surface area (Å²) in [4.78, 5) is 30.3. The number of fused-ring (bicyclic) bond motifs is 1. The third-order valence-corrected chi connectivity index (χ3v) is 4.34. The largest absolute Gasteiger partial charge is 0.362 e. The first-order chi connectivity index (χ1) is 13.5. The third kappa shape index (κ3) is 3.32. The third-order valence-electron chi connectivity index (χ3n) is 4.34. The zero-order valence-corrected chi connectivity index (χ0v) is 14.9. The van der Waals surface area contributed by atoms with Gasteiger partial charge in [-0.3, -0.25) is 24.6 Å². The molecule has 2 N–H and O–H groups in total. The molecule has 0 bridgehead atoms. The van der Waals surface area contributed by atoms with Crippen LogP contribution in [0.2, 0.25) is 0 Å². The van der Waals surface area contributed by atoms with Crippen molar-refractivity contribution in [1.29, 1.82) is 0 Å². The Morgan fingerprint density at radius 2 is 2.14 bits per heavy atom. The van der Waals surface area contributed by atoms with Gasteiger partial charge in [0, 0.05) is 43.0 Å². The van der Waals surface area contributed by atoms with Gasteiger partial charge in [-0.25, -0.2) is 0 Å². The van der Waals surface area contributed by atoms with Crippen molar-refractivity contribution in [3.05, 3.63) is 80.9 Å². The van der Waals surface area contributed by atoms with Gasteiger partial charge in [0.1, 0.15) is 0 Å². The maximum Gasteiger partial charge on any atom is 0.356 e. The Hall–Kier alpha value is -4.01. The maximum atomic E-state index is 12.3. The standard InChI is InChI=1S/C19H16N6O3/c1-24-11-14(10-22-24)16-8-17(26)18(25(27)28)19(23-16)21-9-12-4-5-15-13(7-12)3-2-6-20-15/h2-8,10-11H,9H2,1H3,(H2,21,23,26). The number of pyridine rings is 2. The van der Waals surface area contributed by atoms with Crippen LogP contribution in [0.15, 0.2) is 59.8 Å². The van der Waals surface area contributed by atoms with E-state index in [1.54, 1.807) is 30.3 Å². The summed E-state index contributed by atoms with van der Waals surface area (Å²) in [6, 6.07) is 10.7. The Bertz CT molecular complexity index is 1240. The molecular formula is C19H16N6O3. The van der Waals surface area contributed by atoms with Crippen LogP contribution in [-0.4, -0.2) is 24.7 Å². The molecule has 0 radical (unpaired) electrons. The van der Waals surface area contributed by atoms with Crippen LogP contribution < -0.4 is 10.7 Å². The van der Waals surface area contributed by atoms with Gasteiger partial charge in [0.05, 0.1) is 22.3 Å². The molecule has 1 aromatic carbocycles. The van der Waals surface area contributed by atoms with Crippen LogP contribution in [0.1, 0.15) is 5.56 Å². The van der Waals surface area contributed by atoms with E-state index in [2.05, 4.69) is 20.4 Å². The molecule has 0 saturated carbocycles. The average molecular weight is 376 g/mol. The molecule has 0 aliphatic carbocycles. The summed E-state index contributed by atoms with van der Waals surface area (Å²) < 4.78 is 1.59. The Balaban J connectivity index is 1.69. The van der Waals surface area contributed by atoms with Gasteiger partial charge in [-0.1, -0.05) is 12.1 Å². The van der Waals surface area contributed by atoms with Crippen molar-refractivity contribution in [1.82, 2.24) is 19.7 Å². The number of aromatic nitrogens is 4. The molecule has 4 rings (SSSR count). The molecule has 0 amide bonds. The van der Waals surface area contributed by atoms with Gasteiger partial charge in [-0.2, -0.15) is 5.10 Å². The first-order valence-corrected chi connectivity index (χ1v) is 8.49. The number of nitro groups is 1. The van der Waals surface area contributed by atoms with Gasteiger partial charge < -0.3 is 10.3 Å². The van der Waals surface area contributed by atoms with E-state index in [1.165, 1.54) is 6.07 Å². The van der Waals surface area contributed by atoms with Gasteiger partial charge in [-0.15, -0.1) is 0 Å². The number of hydrogen-bond acceptors (Lipinski definition) is 6. The van der Waals surface area contributed by atoms with Crippen molar-refractivity contribution >= 4 is 22.4 Å². The highest BCUT2D eigenvalue weighted by Crippen LogP contribution is 2.24. The molecule has 28 heavy (non-hydrogen) atoms. The molecule has 0 saturated heterocycles. The van der Waals surface area contributed by atoms with E-state index < -0.39 is 16.0 Å². The first-order valence-electron chi connectivity index (χ1n) is 8.49. The summed E-state index contributed by atoms with van der Waals surface area (Å²) in [6.45, 7) is 0.304. The van der Waals surface area contributed by atoms with Gasteiger partial charge >= 0.3 is 5.69 Å². The Morgan fingerprint density at radius 3 is 2.89 bits per heavy atom. The molecule has 0 aliphatic rings. The zero-order valence-electron chi connectivity index (χ0n) is 14.9. The van der Waals surface area contributed by atoms with Crippen molar-refractivity contribution in [2.75, 3.05) is 5.32 Å². The lowest BCUT2D eigenvalue weighted by Gasteiger charge is -2.09. The first kappa shape index (κ1) is 17.4. The number of nitrogens with one attached hydrogen (secondary N) is 2. The molecule has 4 aromatic rings. The number of aromatic amines is 1. The van der Waals surface area contributed by atoms with Gasteiger partial charge in [-0.05, 0) is 23.8 Å². The molecule has 0 unspecified atom stereocenters. The highest BCUT2D eigenvalue weighted by molar-refractivity contribution is 5.79. The fourth-order valence-electron chi connectivity index (χ4n) is 3.00. The van der Waals surface area contributed by atoms with Crippen molar-refractivity contribution in [2.24, 2.45) is 7.05 Å². The molecule has 3 heterocycles. The Labute approximate surface area is 158 Å². The van der Waals surface area contributed by atoms with Crippen LogP contribution in [0.3, 0.4) is 0 Å². The Kier molecular flexibility index (Phi) is 4.32. The summed E-state index contributed by atoms with van der Waals surface area (Å²) in [5.74, 6) is 0.0580. The number of benzene rings is 1. The van der Waals surface area contributed by atoms with Gasteiger partial charge in [0.25, 0.3) is 5.43 Å². The normalized spacial score (nSPS) is 10.9. The molecule has 0 spiro atoms. The number of H-pyrrole nitrogens is 1. The van der Waals surface area contributed by atoms with Crippen molar-refractivity contribution in [2.45, 2.75) is 6.54 Å². The van der Waals surface area contributed by atoms with E-state index >= 15 is 0 Å². The van der Waals surface area contributed by atoms with E-state index in [0.717, 1.165) is 16.5 Å². The molecular weight excluding hydrogens is 360 g/mol. The molecule has 0 fully saturated rings. The molecule has 9 heteroatoms. The van der Waals surface area contributed by atoms with Crippen molar-refractivity contribution < 1.29 is 4.92 Å². The SMILES string of the molecule is Cn1cc(-c2cc(=O)c([N+](=O)[O-])c(NCc3ccc4ncccc4c3)[nH]2)cn1. The van der Waals surface area contributed by atoms with Crippen LogP contribution in [0.5, 0.6) is 0 Å². The van der Waals surface area contributed by atoms with Gasteiger partial charge in [0.2, 0.25) is 0 Å². The minimum absolute atomic E-state index is 0.0580. The highest BCUT2D eigenvalue weighted by Gasteiger charge is 2.21. The summed E-state index contributed by atoms with van der Waals surface area (Å²) in [7, 11) is 1.75. The predicted molar refractivity (Wildman–Crippen MR) is 105 cm³/mol. The lowest BCUT2D eigenvalue weighted by molar-refractivity contribution is -0.385. The van der Waals surface area contributed by atoms with E-state index in [4.69, 9.17) is 0 Å². The van der Waals surface area contributed by atoms with Gasteiger partial charge in [0.15, 0.2) is 5.82 Å². The second-order valence-corrected chi connectivity index (χ2v) is 6.31. The molecule has 9 nitrogen and oxygen atoms in total. The van der Waals surface area contributed by atoms with E-state index in [1.807, 2.05) is 30.3 Å². The topological polar surface area (TPSA) is 119 Å². The van der Waals surface area contributed by atoms with E-state index in [-0.39, 0.29) is 5.82 Å². The summed E-state index contributed by atoms with van der Waals surface area (Å²) in [5, 5.41) is 19.4. The monoisotopic (exact) mass is 376 g/mol. The van der Waals surface area contributed by atoms with E-state index in [9.17, 15) is 14.9 Å². The minimum atomic E-state index is -0.682. The van der Waals surface area contributed by atoms with Crippen molar-refractivity contribution in [3.63, 3.8) is 0 Å². The zero-order chi connectivity index (χ0) is 19.7. The highest BCUT2D eigenvalue weighted by atomic mass is 16.6. The summed E-state index contributed by atoms with van der Waals surface area (Å²) in [6.07, 6.45) is 5.02. The fraction of sp³-hybridized carbons (Fsp3) is 0.105. The van der Waals surface area contributed by atoms with E-state index in [0.29, 0.717) is 17.8 Å². The number of rotatable bonds is 5.